The maximum absolute atomic E-state index is 12.9. The first-order valence-corrected chi connectivity index (χ1v) is 11.2. The van der Waals surface area contributed by atoms with Gasteiger partial charge in [0.15, 0.2) is 0 Å². The molecule has 0 atom stereocenters. The van der Waals surface area contributed by atoms with E-state index in [0.29, 0.717) is 16.9 Å². The number of benzene rings is 2. The second-order valence-corrected chi connectivity index (χ2v) is 9.89. The number of carbonyl (C=O) groups excluding carboxylic acids is 1. The Morgan fingerprint density at radius 1 is 1.17 bits per heavy atom. The van der Waals surface area contributed by atoms with Crippen molar-refractivity contribution in [1.82, 2.24) is 4.98 Å². The van der Waals surface area contributed by atoms with E-state index in [0.717, 1.165) is 41.9 Å². The van der Waals surface area contributed by atoms with Crippen LogP contribution in [0.25, 0.3) is 10.2 Å². The number of sulfone groups is 1. The van der Waals surface area contributed by atoms with Gasteiger partial charge >= 0.3 is 6.18 Å². The maximum atomic E-state index is 12.9. The average molecular weight is 440 g/mol. The molecule has 0 aliphatic carbocycles. The quantitative estimate of drug-likeness (QED) is 0.616. The van der Waals surface area contributed by atoms with Crippen LogP contribution in [0.15, 0.2) is 46.8 Å². The molecule has 0 bridgehead atoms. The van der Waals surface area contributed by atoms with Crippen molar-refractivity contribution in [3.63, 3.8) is 0 Å². The van der Waals surface area contributed by atoms with Crippen LogP contribution in [0.3, 0.4) is 0 Å². The van der Waals surface area contributed by atoms with Gasteiger partial charge in [-0.3, -0.25) is 4.79 Å². The van der Waals surface area contributed by atoms with Gasteiger partial charge < -0.3 is 4.90 Å². The smallest absolute Gasteiger partial charge is 0.311 e. The zero-order valence-electron chi connectivity index (χ0n) is 14.9. The Morgan fingerprint density at radius 3 is 2.69 bits per heavy atom. The van der Waals surface area contributed by atoms with Crippen LogP contribution in [0.2, 0.25) is 0 Å². The summed E-state index contributed by atoms with van der Waals surface area (Å²) in [6, 6.07) is 10.2. The van der Waals surface area contributed by atoms with Gasteiger partial charge in [0.2, 0.25) is 20.1 Å². The highest BCUT2D eigenvalue weighted by molar-refractivity contribution is 7.94. The lowest BCUT2D eigenvalue weighted by atomic mass is 10.0. The van der Waals surface area contributed by atoms with Crippen LogP contribution in [-0.4, -0.2) is 31.6 Å². The molecule has 0 N–H and O–H groups in total. The predicted octanol–water partition coefficient (Wildman–Crippen LogP) is 4.07. The minimum atomic E-state index is -4.55. The molecule has 5 nitrogen and oxygen atoms in total. The number of rotatable bonds is 3. The Bertz CT molecular complexity index is 1200. The highest BCUT2D eigenvalue weighted by atomic mass is 32.2. The highest BCUT2D eigenvalue weighted by Crippen LogP contribution is 2.34. The van der Waals surface area contributed by atoms with E-state index in [1.807, 2.05) is 12.1 Å². The Labute approximate surface area is 168 Å². The van der Waals surface area contributed by atoms with Crippen LogP contribution in [0.1, 0.15) is 17.5 Å². The molecular formula is C19H15F3N2O3S2. The SMILES string of the molecule is O=C(CS(=O)(=O)c1nc2cc(C(F)(F)F)ccc2s1)N1CCCc2ccccc21. The third-order valence-electron chi connectivity index (χ3n) is 4.69. The number of nitrogens with zero attached hydrogens (tertiary/aromatic N) is 2. The molecule has 0 radical (unpaired) electrons. The number of alkyl halides is 3. The fourth-order valence-electron chi connectivity index (χ4n) is 3.31. The van der Waals surface area contributed by atoms with Crippen LogP contribution >= 0.6 is 11.3 Å². The summed E-state index contributed by atoms with van der Waals surface area (Å²) in [6.07, 6.45) is -3.01. The van der Waals surface area contributed by atoms with Crippen molar-refractivity contribution < 1.29 is 26.4 Å². The van der Waals surface area contributed by atoms with Crippen molar-refractivity contribution in [2.45, 2.75) is 23.4 Å². The minimum absolute atomic E-state index is 0.0563. The van der Waals surface area contributed by atoms with E-state index in [2.05, 4.69) is 4.98 Å². The molecule has 2 aromatic carbocycles. The zero-order valence-corrected chi connectivity index (χ0v) is 16.6. The molecule has 0 fully saturated rings. The van der Waals surface area contributed by atoms with E-state index in [-0.39, 0.29) is 9.86 Å². The molecule has 3 aromatic rings. The van der Waals surface area contributed by atoms with Crippen molar-refractivity contribution in [3.8, 4) is 0 Å². The largest absolute Gasteiger partial charge is 0.416 e. The molecule has 0 saturated carbocycles. The molecule has 10 heteroatoms. The number of hydrogen-bond donors (Lipinski definition) is 0. The van der Waals surface area contributed by atoms with Gasteiger partial charge in [0.25, 0.3) is 0 Å². The minimum Gasteiger partial charge on any atom is -0.311 e. The fourth-order valence-corrected chi connectivity index (χ4v) is 5.78. The number of hydrogen-bond acceptors (Lipinski definition) is 5. The molecule has 29 heavy (non-hydrogen) atoms. The molecule has 1 aliphatic rings. The molecule has 1 amide bonds. The van der Waals surface area contributed by atoms with Crippen LogP contribution < -0.4 is 4.90 Å². The second-order valence-electron chi connectivity index (χ2n) is 6.70. The lowest BCUT2D eigenvalue weighted by molar-refractivity contribution is -0.137. The summed E-state index contributed by atoms with van der Waals surface area (Å²) in [5.74, 6) is -1.36. The Kier molecular flexibility index (Phi) is 4.86. The molecule has 2 heterocycles. The normalized spacial score (nSPS) is 14.8. The zero-order chi connectivity index (χ0) is 20.8. The summed E-state index contributed by atoms with van der Waals surface area (Å²) in [5.41, 5.74) is 0.710. The van der Waals surface area contributed by atoms with E-state index in [1.165, 1.54) is 11.0 Å². The standard InChI is InChI=1S/C19H15F3N2O3S2/c20-19(21,22)13-7-8-16-14(10-13)23-18(28-16)29(26,27)11-17(25)24-9-3-5-12-4-1-2-6-15(12)24/h1-2,4,6-8,10H,3,5,9,11H2. The van der Waals surface area contributed by atoms with E-state index in [9.17, 15) is 26.4 Å². The lowest BCUT2D eigenvalue weighted by Crippen LogP contribution is -2.39. The topological polar surface area (TPSA) is 67.3 Å². The fraction of sp³-hybridized carbons (Fsp3) is 0.263. The number of thiazole rings is 1. The van der Waals surface area contributed by atoms with E-state index in [4.69, 9.17) is 0 Å². The van der Waals surface area contributed by atoms with Gasteiger partial charge in [-0.05, 0) is 42.7 Å². The second kappa shape index (κ2) is 7.10. The Hall–Kier alpha value is -2.46. The lowest BCUT2D eigenvalue weighted by Gasteiger charge is -2.29. The van der Waals surface area contributed by atoms with Crippen LogP contribution in [0, 0.1) is 0 Å². The molecule has 0 unspecified atom stereocenters. The summed E-state index contributed by atoms with van der Waals surface area (Å²) in [7, 11) is -4.09. The third-order valence-corrected chi connectivity index (χ3v) is 7.78. The van der Waals surface area contributed by atoms with Crippen LogP contribution in [-0.2, 0) is 27.2 Å². The molecule has 1 aromatic heterocycles. The van der Waals surface area contributed by atoms with Crippen molar-refractivity contribution >= 4 is 43.0 Å². The first-order valence-electron chi connectivity index (χ1n) is 8.74. The molecule has 1 aliphatic heterocycles. The number of fused-ring (bicyclic) bond motifs is 2. The van der Waals surface area contributed by atoms with Crippen molar-refractivity contribution in [1.29, 1.82) is 0 Å². The van der Waals surface area contributed by atoms with E-state index >= 15 is 0 Å². The number of aromatic nitrogens is 1. The monoisotopic (exact) mass is 440 g/mol. The van der Waals surface area contributed by atoms with Gasteiger partial charge in [-0.25, -0.2) is 13.4 Å². The van der Waals surface area contributed by atoms with Gasteiger partial charge in [0, 0.05) is 12.2 Å². The van der Waals surface area contributed by atoms with E-state index < -0.39 is 33.2 Å². The van der Waals surface area contributed by atoms with Crippen LogP contribution in [0.4, 0.5) is 18.9 Å². The number of amides is 1. The summed E-state index contributed by atoms with van der Waals surface area (Å²) >= 11 is 0.761. The average Bonchev–Trinajstić information content (AvgIpc) is 3.11. The van der Waals surface area contributed by atoms with Gasteiger partial charge in [0.05, 0.1) is 15.8 Å². The van der Waals surface area contributed by atoms with Gasteiger partial charge in [-0.15, -0.1) is 11.3 Å². The third kappa shape index (κ3) is 3.86. The van der Waals surface area contributed by atoms with Crippen LogP contribution in [0.5, 0.6) is 0 Å². The predicted molar refractivity (Wildman–Crippen MR) is 104 cm³/mol. The molecular weight excluding hydrogens is 425 g/mol. The number of anilines is 1. The van der Waals surface area contributed by atoms with Crippen molar-refractivity contribution in [2.75, 3.05) is 17.2 Å². The number of aryl methyl sites for hydroxylation is 1. The first-order chi connectivity index (χ1) is 13.6. The summed E-state index contributed by atoms with van der Waals surface area (Å²) < 4.78 is 64.0. The van der Waals surface area contributed by atoms with Gasteiger partial charge in [-0.1, -0.05) is 18.2 Å². The van der Waals surface area contributed by atoms with Crippen molar-refractivity contribution in [3.05, 3.63) is 53.6 Å². The van der Waals surface area contributed by atoms with Gasteiger partial charge in [-0.2, -0.15) is 13.2 Å². The summed E-state index contributed by atoms with van der Waals surface area (Å²) in [5, 5.41) is 0. The maximum Gasteiger partial charge on any atom is 0.416 e. The number of para-hydroxylation sites is 1. The Morgan fingerprint density at radius 2 is 1.93 bits per heavy atom. The highest BCUT2D eigenvalue weighted by Gasteiger charge is 2.32. The molecule has 0 saturated heterocycles. The summed E-state index contributed by atoms with van der Waals surface area (Å²) in [4.78, 5) is 18.0. The number of halogens is 3. The molecule has 0 spiro atoms. The first kappa shape index (κ1) is 19.8. The molecule has 152 valence electrons. The molecule has 4 rings (SSSR count). The van der Waals surface area contributed by atoms with Gasteiger partial charge in [0.1, 0.15) is 5.75 Å². The van der Waals surface area contributed by atoms with E-state index in [1.54, 1.807) is 12.1 Å². The Balaban J connectivity index is 1.62. The number of carbonyl (C=O) groups is 1. The summed E-state index contributed by atoms with van der Waals surface area (Å²) in [6.45, 7) is 0.417. The van der Waals surface area contributed by atoms with Crippen molar-refractivity contribution in [2.24, 2.45) is 0 Å².